The fraction of sp³-hybridized carbons (Fsp3) is 0.200. The third-order valence-corrected chi connectivity index (χ3v) is 5.13. The summed E-state index contributed by atoms with van der Waals surface area (Å²) in [6.45, 7) is 3.33. The highest BCUT2D eigenvalue weighted by atomic mass is 35.5. The SMILES string of the molecule is Cc1cnc(NC(=O)C(C)N2C(=O)c3cc(Cl)c(Cl)cc3C2=O)s1. The summed E-state index contributed by atoms with van der Waals surface area (Å²) in [6, 6.07) is 1.68. The van der Waals surface area contributed by atoms with Gasteiger partial charge in [-0.1, -0.05) is 23.2 Å². The molecule has 1 aromatic heterocycles. The Hall–Kier alpha value is -1.96. The summed E-state index contributed by atoms with van der Waals surface area (Å²) in [5.41, 5.74) is 0.276. The number of aromatic nitrogens is 1. The number of carbonyl (C=O) groups excluding carboxylic acids is 3. The molecule has 1 aliphatic rings. The van der Waals surface area contributed by atoms with Crippen molar-refractivity contribution >= 4 is 57.4 Å². The molecule has 1 N–H and O–H groups in total. The van der Waals surface area contributed by atoms with Crippen molar-refractivity contribution in [3.8, 4) is 0 Å². The Morgan fingerprint density at radius 2 is 1.75 bits per heavy atom. The van der Waals surface area contributed by atoms with Gasteiger partial charge in [-0.25, -0.2) is 4.98 Å². The number of rotatable bonds is 3. The van der Waals surface area contributed by atoms with Gasteiger partial charge < -0.3 is 5.32 Å². The lowest BCUT2D eigenvalue weighted by molar-refractivity contribution is -0.119. The number of thiazole rings is 1. The lowest BCUT2D eigenvalue weighted by atomic mass is 10.1. The van der Waals surface area contributed by atoms with Crippen LogP contribution < -0.4 is 5.32 Å². The summed E-state index contributed by atoms with van der Waals surface area (Å²) in [7, 11) is 0. The Morgan fingerprint density at radius 1 is 1.21 bits per heavy atom. The van der Waals surface area contributed by atoms with Gasteiger partial charge in [0.05, 0.1) is 21.2 Å². The van der Waals surface area contributed by atoms with E-state index in [1.165, 1.54) is 30.4 Å². The van der Waals surface area contributed by atoms with Crippen LogP contribution in [0.1, 0.15) is 32.5 Å². The van der Waals surface area contributed by atoms with Gasteiger partial charge in [-0.05, 0) is 26.0 Å². The number of aryl methyl sites for hydroxylation is 1. The highest BCUT2D eigenvalue weighted by Gasteiger charge is 2.41. The predicted octanol–water partition coefficient (Wildman–Crippen LogP) is 3.38. The van der Waals surface area contributed by atoms with Crippen molar-refractivity contribution < 1.29 is 14.4 Å². The van der Waals surface area contributed by atoms with Crippen molar-refractivity contribution in [2.75, 3.05) is 5.32 Å². The maximum Gasteiger partial charge on any atom is 0.262 e. The van der Waals surface area contributed by atoms with Crippen LogP contribution in [0.25, 0.3) is 0 Å². The molecule has 3 amide bonds. The first-order chi connectivity index (χ1) is 11.3. The molecule has 0 fully saturated rings. The molecule has 6 nitrogen and oxygen atoms in total. The van der Waals surface area contributed by atoms with Crippen LogP contribution in [0.2, 0.25) is 10.0 Å². The highest BCUT2D eigenvalue weighted by molar-refractivity contribution is 7.15. The predicted molar refractivity (Wildman–Crippen MR) is 91.9 cm³/mol. The Balaban J connectivity index is 1.85. The van der Waals surface area contributed by atoms with E-state index in [1.807, 2.05) is 6.92 Å². The zero-order valence-corrected chi connectivity index (χ0v) is 14.9. The molecular weight excluding hydrogens is 373 g/mol. The Morgan fingerprint density at radius 3 is 2.21 bits per heavy atom. The number of amides is 3. The van der Waals surface area contributed by atoms with Gasteiger partial charge >= 0.3 is 0 Å². The van der Waals surface area contributed by atoms with Gasteiger partial charge in [0.15, 0.2) is 5.13 Å². The molecule has 0 bridgehead atoms. The van der Waals surface area contributed by atoms with Crippen LogP contribution in [0.4, 0.5) is 5.13 Å². The second-order valence-electron chi connectivity index (χ2n) is 5.23. The van der Waals surface area contributed by atoms with E-state index in [9.17, 15) is 14.4 Å². The van der Waals surface area contributed by atoms with Crippen LogP contribution >= 0.6 is 34.5 Å². The van der Waals surface area contributed by atoms with Gasteiger partial charge in [0.25, 0.3) is 11.8 Å². The van der Waals surface area contributed by atoms with Gasteiger partial charge in [-0.2, -0.15) is 0 Å². The summed E-state index contributed by atoms with van der Waals surface area (Å²) >= 11 is 13.1. The fourth-order valence-corrected chi connectivity index (χ4v) is 3.34. The lowest BCUT2D eigenvalue weighted by Gasteiger charge is -2.21. The lowest BCUT2D eigenvalue weighted by Crippen LogP contribution is -2.45. The number of fused-ring (bicyclic) bond motifs is 1. The quantitative estimate of drug-likeness (QED) is 0.823. The molecule has 124 valence electrons. The maximum absolute atomic E-state index is 12.5. The number of hydrogen-bond acceptors (Lipinski definition) is 5. The third kappa shape index (κ3) is 2.79. The first-order valence-corrected chi connectivity index (χ1v) is 8.47. The second-order valence-corrected chi connectivity index (χ2v) is 7.28. The van der Waals surface area contributed by atoms with Crippen LogP contribution in [0, 0.1) is 6.92 Å². The molecule has 0 spiro atoms. The number of imide groups is 1. The van der Waals surface area contributed by atoms with Gasteiger partial charge in [-0.3, -0.25) is 19.3 Å². The number of carbonyl (C=O) groups is 3. The molecule has 1 unspecified atom stereocenters. The van der Waals surface area contributed by atoms with E-state index in [-0.39, 0.29) is 21.2 Å². The molecule has 3 rings (SSSR count). The Kier molecular flexibility index (Phi) is 4.33. The van der Waals surface area contributed by atoms with Crippen LogP contribution in [-0.2, 0) is 4.79 Å². The average molecular weight is 384 g/mol. The Labute approximate surface area is 151 Å². The second kappa shape index (κ2) is 6.16. The minimum Gasteiger partial charge on any atom is -0.300 e. The van der Waals surface area contributed by atoms with E-state index in [0.717, 1.165) is 9.78 Å². The Bertz CT molecular complexity index is 840. The molecule has 0 saturated heterocycles. The topological polar surface area (TPSA) is 79.4 Å². The zero-order valence-electron chi connectivity index (χ0n) is 12.6. The van der Waals surface area contributed by atoms with Crippen LogP contribution in [0.3, 0.4) is 0 Å². The number of nitrogens with one attached hydrogen (secondary N) is 1. The summed E-state index contributed by atoms with van der Waals surface area (Å²) in [6.07, 6.45) is 1.62. The number of hydrogen-bond donors (Lipinski definition) is 1. The molecule has 2 heterocycles. The van der Waals surface area contributed by atoms with Gasteiger partial charge in [0.2, 0.25) is 5.91 Å². The van der Waals surface area contributed by atoms with E-state index in [2.05, 4.69) is 10.3 Å². The largest absolute Gasteiger partial charge is 0.300 e. The minimum absolute atomic E-state index is 0.138. The van der Waals surface area contributed by atoms with Crippen molar-refractivity contribution in [2.24, 2.45) is 0 Å². The van der Waals surface area contributed by atoms with Crippen molar-refractivity contribution in [2.45, 2.75) is 19.9 Å². The van der Waals surface area contributed by atoms with Crippen molar-refractivity contribution in [1.29, 1.82) is 0 Å². The average Bonchev–Trinajstić information content (AvgIpc) is 3.03. The number of anilines is 1. The summed E-state index contributed by atoms with van der Waals surface area (Å²) in [4.78, 5) is 43.2. The monoisotopic (exact) mass is 383 g/mol. The first kappa shape index (κ1) is 16.9. The van der Waals surface area contributed by atoms with E-state index >= 15 is 0 Å². The van der Waals surface area contributed by atoms with Gasteiger partial charge in [0.1, 0.15) is 6.04 Å². The molecule has 1 aromatic carbocycles. The molecule has 0 aliphatic carbocycles. The van der Waals surface area contributed by atoms with Crippen molar-refractivity contribution in [3.63, 3.8) is 0 Å². The van der Waals surface area contributed by atoms with Gasteiger partial charge in [-0.15, -0.1) is 11.3 Å². The van der Waals surface area contributed by atoms with E-state index in [0.29, 0.717) is 5.13 Å². The minimum atomic E-state index is -1.00. The molecule has 2 aromatic rings. The molecule has 1 atom stereocenters. The smallest absolute Gasteiger partial charge is 0.262 e. The van der Waals surface area contributed by atoms with E-state index < -0.39 is 23.8 Å². The van der Waals surface area contributed by atoms with Crippen LogP contribution in [-0.4, -0.2) is 33.6 Å². The van der Waals surface area contributed by atoms with Crippen molar-refractivity contribution in [3.05, 3.63) is 44.4 Å². The maximum atomic E-state index is 12.5. The third-order valence-electron chi connectivity index (χ3n) is 3.58. The normalized spacial score (nSPS) is 14.8. The van der Waals surface area contributed by atoms with E-state index in [4.69, 9.17) is 23.2 Å². The number of nitrogens with zero attached hydrogens (tertiary/aromatic N) is 2. The molecule has 0 radical (unpaired) electrons. The van der Waals surface area contributed by atoms with Crippen LogP contribution in [0.15, 0.2) is 18.3 Å². The standard InChI is InChI=1S/C15H11Cl2N3O3S/c1-6-5-18-15(24-6)19-12(21)7(2)20-13(22)8-3-10(16)11(17)4-9(8)14(20)23/h3-5,7H,1-2H3,(H,18,19,21). The van der Waals surface area contributed by atoms with E-state index in [1.54, 1.807) is 6.20 Å². The molecule has 24 heavy (non-hydrogen) atoms. The molecule has 9 heteroatoms. The zero-order chi connectivity index (χ0) is 17.6. The van der Waals surface area contributed by atoms with Gasteiger partial charge in [0, 0.05) is 11.1 Å². The summed E-state index contributed by atoms with van der Waals surface area (Å²) < 4.78 is 0. The molecular formula is C15H11Cl2N3O3S. The highest BCUT2D eigenvalue weighted by Crippen LogP contribution is 2.32. The summed E-state index contributed by atoms with van der Waals surface area (Å²) in [5, 5.41) is 3.36. The van der Waals surface area contributed by atoms with Crippen LogP contribution in [0.5, 0.6) is 0 Å². The first-order valence-electron chi connectivity index (χ1n) is 6.90. The fourth-order valence-electron chi connectivity index (χ4n) is 2.34. The molecule has 1 aliphatic heterocycles. The number of benzene rings is 1. The van der Waals surface area contributed by atoms with Crippen molar-refractivity contribution in [1.82, 2.24) is 9.88 Å². The molecule has 0 saturated carbocycles. The summed E-state index contributed by atoms with van der Waals surface area (Å²) in [5.74, 6) is -1.66. The number of halogens is 2.